The van der Waals surface area contributed by atoms with Gasteiger partial charge in [-0.2, -0.15) is 0 Å². The van der Waals surface area contributed by atoms with Gasteiger partial charge in [-0.3, -0.25) is 0 Å². The Morgan fingerprint density at radius 3 is 2.35 bits per heavy atom. The number of hydrogen-bond donors (Lipinski definition) is 0. The van der Waals surface area contributed by atoms with Crippen molar-refractivity contribution in [3.05, 3.63) is 9.81 Å². The van der Waals surface area contributed by atoms with Crippen molar-refractivity contribution < 1.29 is 0 Å². The van der Waals surface area contributed by atoms with Gasteiger partial charge < -0.3 is 0 Å². The summed E-state index contributed by atoms with van der Waals surface area (Å²) >= 11 is 4.21. The summed E-state index contributed by atoms with van der Waals surface area (Å²) in [5.74, 6) is 3.49. The van der Waals surface area contributed by atoms with Crippen LogP contribution in [0, 0.1) is 5.92 Å². The molecule has 0 aromatic rings. The third-order valence-electron chi connectivity index (χ3n) is 3.53. The molecule has 0 aromatic heterocycles. The van der Waals surface area contributed by atoms with Crippen LogP contribution in [0.1, 0.15) is 65.7 Å². The summed E-state index contributed by atoms with van der Waals surface area (Å²) in [4.78, 5) is 3.33. The van der Waals surface area contributed by atoms with E-state index in [1.165, 1.54) is 56.5 Å². The molecule has 0 aliphatic carbocycles. The van der Waals surface area contributed by atoms with Crippen molar-refractivity contribution in [2.24, 2.45) is 5.92 Å². The summed E-state index contributed by atoms with van der Waals surface area (Å²) in [5, 5.41) is 0. The summed E-state index contributed by atoms with van der Waals surface area (Å²) in [6, 6.07) is 0. The second-order valence-corrected chi connectivity index (χ2v) is 7.37. The second-order valence-electron chi connectivity index (χ2n) is 4.93. The standard InChI is InChI=1S/C15H28S2/c1-4-6-7-8-9-10-14(5-2)15-13(3)16-11-12-17-15/h14H,4-12H2,1-3H3. The van der Waals surface area contributed by atoms with Crippen LogP contribution < -0.4 is 0 Å². The van der Waals surface area contributed by atoms with Crippen molar-refractivity contribution >= 4 is 23.5 Å². The monoisotopic (exact) mass is 272 g/mol. The van der Waals surface area contributed by atoms with E-state index in [0.717, 1.165) is 5.92 Å². The number of rotatable bonds is 8. The molecule has 2 heteroatoms. The van der Waals surface area contributed by atoms with Crippen LogP contribution in [0.3, 0.4) is 0 Å². The molecule has 0 spiro atoms. The predicted octanol–water partition coefficient (Wildman–Crippen LogP) is 6.08. The molecule has 0 saturated carbocycles. The minimum Gasteiger partial charge on any atom is -0.129 e. The maximum absolute atomic E-state index is 2.36. The SMILES string of the molecule is CCCCCCCC(CC)C1=C(C)SCCS1. The number of hydrogen-bond acceptors (Lipinski definition) is 2. The average Bonchev–Trinajstić information content (AvgIpc) is 2.35. The molecule has 17 heavy (non-hydrogen) atoms. The van der Waals surface area contributed by atoms with Gasteiger partial charge in [-0.15, -0.1) is 23.5 Å². The van der Waals surface area contributed by atoms with Crippen LogP contribution in [0.25, 0.3) is 0 Å². The molecule has 0 aromatic carbocycles. The van der Waals surface area contributed by atoms with E-state index >= 15 is 0 Å². The Hall–Kier alpha value is 0.440. The van der Waals surface area contributed by atoms with Gasteiger partial charge in [0, 0.05) is 11.5 Å². The predicted molar refractivity (Wildman–Crippen MR) is 84.8 cm³/mol. The third-order valence-corrected chi connectivity index (χ3v) is 6.33. The van der Waals surface area contributed by atoms with Gasteiger partial charge in [0.15, 0.2) is 0 Å². The van der Waals surface area contributed by atoms with Crippen LogP contribution in [0.2, 0.25) is 0 Å². The fourth-order valence-corrected chi connectivity index (χ4v) is 5.02. The van der Waals surface area contributed by atoms with Gasteiger partial charge >= 0.3 is 0 Å². The maximum Gasteiger partial charge on any atom is 0.00716 e. The first-order chi connectivity index (χ1) is 8.29. The zero-order valence-electron chi connectivity index (χ0n) is 11.8. The fraction of sp³-hybridized carbons (Fsp3) is 0.867. The molecule has 100 valence electrons. The number of allylic oxidation sites excluding steroid dienone is 2. The Morgan fingerprint density at radius 2 is 1.71 bits per heavy atom. The van der Waals surface area contributed by atoms with Gasteiger partial charge in [0.05, 0.1) is 0 Å². The largest absolute Gasteiger partial charge is 0.129 e. The van der Waals surface area contributed by atoms with E-state index in [-0.39, 0.29) is 0 Å². The Bertz CT molecular complexity index is 233. The van der Waals surface area contributed by atoms with Crippen molar-refractivity contribution in [3.63, 3.8) is 0 Å². The molecule has 1 rings (SSSR count). The Labute approximate surface area is 116 Å². The van der Waals surface area contributed by atoms with Gasteiger partial charge in [0.2, 0.25) is 0 Å². The van der Waals surface area contributed by atoms with Crippen molar-refractivity contribution in [2.75, 3.05) is 11.5 Å². The Balaban J connectivity index is 2.32. The van der Waals surface area contributed by atoms with Crippen LogP contribution in [-0.2, 0) is 0 Å². The molecule has 0 amide bonds. The smallest absolute Gasteiger partial charge is 0.00716 e. The molecule has 1 aliphatic heterocycles. The summed E-state index contributed by atoms with van der Waals surface area (Å²) in [6.45, 7) is 6.97. The highest BCUT2D eigenvalue weighted by atomic mass is 32.2. The van der Waals surface area contributed by atoms with Crippen molar-refractivity contribution in [2.45, 2.75) is 65.7 Å². The van der Waals surface area contributed by atoms with E-state index in [1.54, 1.807) is 9.81 Å². The number of thioether (sulfide) groups is 2. The lowest BCUT2D eigenvalue weighted by atomic mass is 9.97. The lowest BCUT2D eigenvalue weighted by Gasteiger charge is -2.24. The molecule has 0 nitrogen and oxygen atoms in total. The third kappa shape index (κ3) is 5.74. The molecular formula is C15H28S2. The summed E-state index contributed by atoms with van der Waals surface area (Å²) in [5.41, 5.74) is 0. The van der Waals surface area contributed by atoms with Gasteiger partial charge in [-0.05, 0) is 35.5 Å². The van der Waals surface area contributed by atoms with Crippen molar-refractivity contribution in [1.82, 2.24) is 0 Å². The first kappa shape index (κ1) is 15.5. The average molecular weight is 273 g/mol. The lowest BCUT2D eigenvalue weighted by molar-refractivity contribution is 0.506. The van der Waals surface area contributed by atoms with Crippen LogP contribution in [-0.4, -0.2) is 11.5 Å². The van der Waals surface area contributed by atoms with E-state index in [2.05, 4.69) is 44.3 Å². The fourth-order valence-electron chi connectivity index (χ4n) is 2.44. The van der Waals surface area contributed by atoms with Crippen molar-refractivity contribution in [3.8, 4) is 0 Å². The maximum atomic E-state index is 2.36. The second kappa shape index (κ2) is 9.38. The Kier molecular flexibility index (Phi) is 8.55. The molecule has 1 unspecified atom stereocenters. The normalized spacial score (nSPS) is 18.5. The highest BCUT2D eigenvalue weighted by Crippen LogP contribution is 2.41. The van der Waals surface area contributed by atoms with Crippen LogP contribution in [0.4, 0.5) is 0 Å². The molecular weight excluding hydrogens is 244 g/mol. The van der Waals surface area contributed by atoms with E-state index in [1.807, 2.05) is 0 Å². The van der Waals surface area contributed by atoms with E-state index in [4.69, 9.17) is 0 Å². The minimum absolute atomic E-state index is 0.856. The summed E-state index contributed by atoms with van der Waals surface area (Å²) in [6.07, 6.45) is 9.83. The molecule has 0 bridgehead atoms. The van der Waals surface area contributed by atoms with Gasteiger partial charge in [-0.25, -0.2) is 0 Å². The highest BCUT2D eigenvalue weighted by Gasteiger charge is 2.18. The molecule has 0 fully saturated rings. The quantitative estimate of drug-likeness (QED) is 0.491. The van der Waals surface area contributed by atoms with Gasteiger partial charge in [0.1, 0.15) is 0 Å². The zero-order valence-corrected chi connectivity index (χ0v) is 13.4. The van der Waals surface area contributed by atoms with E-state index in [9.17, 15) is 0 Å². The molecule has 1 heterocycles. The van der Waals surface area contributed by atoms with E-state index in [0.29, 0.717) is 0 Å². The molecule has 0 saturated heterocycles. The summed E-state index contributed by atoms with van der Waals surface area (Å²) < 4.78 is 0. The summed E-state index contributed by atoms with van der Waals surface area (Å²) in [7, 11) is 0. The van der Waals surface area contributed by atoms with Crippen LogP contribution in [0.15, 0.2) is 9.81 Å². The van der Waals surface area contributed by atoms with Gasteiger partial charge in [-0.1, -0.05) is 46.0 Å². The first-order valence-electron chi connectivity index (χ1n) is 7.25. The lowest BCUT2D eigenvalue weighted by Crippen LogP contribution is -2.07. The van der Waals surface area contributed by atoms with Crippen molar-refractivity contribution in [1.29, 1.82) is 0 Å². The number of unbranched alkanes of at least 4 members (excludes halogenated alkanes) is 4. The first-order valence-corrected chi connectivity index (χ1v) is 9.23. The van der Waals surface area contributed by atoms with E-state index < -0.39 is 0 Å². The Morgan fingerprint density at radius 1 is 1.00 bits per heavy atom. The topological polar surface area (TPSA) is 0 Å². The molecule has 0 N–H and O–H groups in total. The van der Waals surface area contributed by atoms with Gasteiger partial charge in [0.25, 0.3) is 0 Å². The van der Waals surface area contributed by atoms with Crippen LogP contribution >= 0.6 is 23.5 Å². The zero-order chi connectivity index (χ0) is 12.5. The molecule has 1 atom stereocenters. The highest BCUT2D eigenvalue weighted by molar-refractivity contribution is 8.09. The molecule has 1 aliphatic rings. The molecule has 0 radical (unpaired) electrons. The minimum atomic E-state index is 0.856. The van der Waals surface area contributed by atoms with Crippen LogP contribution in [0.5, 0.6) is 0 Å².